The van der Waals surface area contributed by atoms with Gasteiger partial charge >= 0.3 is 0 Å². The fraction of sp³-hybridized carbons (Fsp3) is 0.963. The highest BCUT2D eigenvalue weighted by Gasteiger charge is 2.71. The minimum atomic E-state index is -0.448. The fourth-order valence-corrected chi connectivity index (χ4v) is 9.93. The lowest BCUT2D eigenvalue weighted by Crippen LogP contribution is -2.58. The molecule has 0 amide bonds. The van der Waals surface area contributed by atoms with Gasteiger partial charge in [0.05, 0.1) is 18.8 Å². The van der Waals surface area contributed by atoms with Crippen molar-refractivity contribution in [2.45, 2.75) is 103 Å². The van der Waals surface area contributed by atoms with E-state index in [1.165, 1.54) is 12.8 Å². The SMILES string of the molecule is C[C@@H]1CC[C@@]2(OC1)OC1CC3[C@@H]4CCC5C[C@@H](O)CC[C@]5(C)C4CC(=O)[C@]3(C)C1[C@@H]2C. The normalized spacial score (nSPS) is 60.9. The van der Waals surface area contributed by atoms with Gasteiger partial charge in [0, 0.05) is 30.1 Å². The number of aliphatic hydroxyl groups excluding tert-OH is 1. The second-order valence-electron chi connectivity index (χ2n) is 13.0. The molecule has 6 fully saturated rings. The summed E-state index contributed by atoms with van der Waals surface area (Å²) in [4.78, 5) is 14.0. The van der Waals surface area contributed by atoms with Gasteiger partial charge in [-0.1, -0.05) is 27.7 Å². The van der Waals surface area contributed by atoms with E-state index in [9.17, 15) is 9.90 Å². The van der Waals surface area contributed by atoms with Gasteiger partial charge in [-0.3, -0.25) is 4.79 Å². The first-order valence-corrected chi connectivity index (χ1v) is 13.2. The molecule has 0 bridgehead atoms. The Kier molecular flexibility index (Phi) is 4.62. The highest BCUT2D eigenvalue weighted by molar-refractivity contribution is 5.87. The van der Waals surface area contributed by atoms with E-state index in [2.05, 4.69) is 27.7 Å². The maximum Gasteiger partial charge on any atom is 0.171 e. The van der Waals surface area contributed by atoms with Gasteiger partial charge in [0.1, 0.15) is 5.78 Å². The van der Waals surface area contributed by atoms with Gasteiger partial charge in [-0.2, -0.15) is 0 Å². The molecule has 4 nitrogen and oxygen atoms in total. The predicted molar refractivity (Wildman–Crippen MR) is 118 cm³/mol. The largest absolute Gasteiger partial charge is 0.393 e. The highest BCUT2D eigenvalue weighted by Crippen LogP contribution is 2.70. The van der Waals surface area contributed by atoms with Gasteiger partial charge in [0.25, 0.3) is 0 Å². The van der Waals surface area contributed by atoms with E-state index in [0.29, 0.717) is 41.3 Å². The van der Waals surface area contributed by atoms with E-state index < -0.39 is 5.79 Å². The molecule has 6 rings (SSSR count). The Labute approximate surface area is 187 Å². The Bertz CT molecular complexity index is 756. The molecule has 174 valence electrons. The summed E-state index contributed by atoms with van der Waals surface area (Å²) in [5.74, 6) is 3.45. The van der Waals surface area contributed by atoms with E-state index >= 15 is 0 Å². The number of rotatable bonds is 0. The Hall–Kier alpha value is -0.450. The van der Waals surface area contributed by atoms with Crippen molar-refractivity contribution < 1.29 is 19.4 Å². The molecule has 0 radical (unpaired) electrons. The number of aliphatic hydroxyl groups is 1. The van der Waals surface area contributed by atoms with Gasteiger partial charge in [0.15, 0.2) is 5.79 Å². The van der Waals surface area contributed by atoms with Crippen molar-refractivity contribution in [2.24, 2.45) is 52.3 Å². The average molecular weight is 431 g/mol. The van der Waals surface area contributed by atoms with Crippen molar-refractivity contribution in [1.29, 1.82) is 0 Å². The van der Waals surface area contributed by atoms with Gasteiger partial charge in [0.2, 0.25) is 0 Å². The number of hydrogen-bond donors (Lipinski definition) is 1. The summed E-state index contributed by atoms with van der Waals surface area (Å²) >= 11 is 0. The minimum absolute atomic E-state index is 0.131. The van der Waals surface area contributed by atoms with E-state index in [0.717, 1.165) is 51.6 Å². The van der Waals surface area contributed by atoms with Crippen LogP contribution in [0.3, 0.4) is 0 Å². The van der Waals surface area contributed by atoms with E-state index in [1.807, 2.05) is 0 Å². The van der Waals surface area contributed by atoms with Crippen LogP contribution in [0.2, 0.25) is 0 Å². The first-order valence-electron chi connectivity index (χ1n) is 13.2. The summed E-state index contributed by atoms with van der Waals surface area (Å²) in [6, 6.07) is 0. The number of carbonyl (C=O) groups excluding carboxylic acids is 1. The number of ether oxygens (including phenoxy) is 2. The molecule has 0 aromatic rings. The number of Topliss-reactive ketones (excluding diaryl/α,β-unsaturated/α-hetero) is 1. The summed E-state index contributed by atoms with van der Waals surface area (Å²) in [7, 11) is 0. The molecule has 2 heterocycles. The number of carbonyl (C=O) groups is 1. The molecule has 5 unspecified atom stereocenters. The Morgan fingerprint density at radius 2 is 1.81 bits per heavy atom. The molecule has 1 N–H and O–H groups in total. The lowest BCUT2D eigenvalue weighted by atomic mass is 9.44. The number of ketones is 1. The van der Waals surface area contributed by atoms with Gasteiger partial charge in [-0.05, 0) is 80.0 Å². The van der Waals surface area contributed by atoms with Crippen LogP contribution in [0.4, 0.5) is 0 Å². The molecule has 2 aliphatic heterocycles. The van der Waals surface area contributed by atoms with Crippen molar-refractivity contribution in [3.05, 3.63) is 0 Å². The second kappa shape index (κ2) is 6.79. The fourth-order valence-electron chi connectivity index (χ4n) is 9.93. The van der Waals surface area contributed by atoms with Crippen LogP contribution in [-0.2, 0) is 14.3 Å². The van der Waals surface area contributed by atoms with Gasteiger partial charge < -0.3 is 14.6 Å². The summed E-state index contributed by atoms with van der Waals surface area (Å²) < 4.78 is 13.2. The Morgan fingerprint density at radius 1 is 1.00 bits per heavy atom. The molecule has 12 atom stereocenters. The van der Waals surface area contributed by atoms with Crippen molar-refractivity contribution in [3.63, 3.8) is 0 Å². The van der Waals surface area contributed by atoms with E-state index in [1.54, 1.807) is 0 Å². The van der Waals surface area contributed by atoms with Gasteiger partial charge in [-0.15, -0.1) is 0 Å². The first kappa shape index (κ1) is 21.1. The molecule has 4 aliphatic carbocycles. The smallest absolute Gasteiger partial charge is 0.171 e. The molecule has 6 aliphatic rings. The molecule has 0 aromatic heterocycles. The molecule has 1 spiro atoms. The van der Waals surface area contributed by atoms with Crippen LogP contribution in [0.25, 0.3) is 0 Å². The molecule has 31 heavy (non-hydrogen) atoms. The van der Waals surface area contributed by atoms with Crippen molar-refractivity contribution in [2.75, 3.05) is 6.61 Å². The summed E-state index contributed by atoms with van der Waals surface area (Å²) in [5, 5.41) is 10.3. The predicted octanol–water partition coefficient (Wildman–Crippen LogP) is 4.97. The third kappa shape index (κ3) is 2.68. The maximum atomic E-state index is 14.0. The monoisotopic (exact) mass is 430 g/mol. The third-order valence-electron chi connectivity index (χ3n) is 11.8. The van der Waals surface area contributed by atoms with Crippen LogP contribution in [-0.4, -0.2) is 35.5 Å². The second-order valence-corrected chi connectivity index (χ2v) is 13.0. The summed E-state index contributed by atoms with van der Waals surface area (Å²) in [6.45, 7) is 10.1. The first-order chi connectivity index (χ1) is 14.7. The van der Waals surface area contributed by atoms with Crippen molar-refractivity contribution in [1.82, 2.24) is 0 Å². The van der Waals surface area contributed by atoms with Crippen LogP contribution < -0.4 is 0 Å². The van der Waals surface area contributed by atoms with Crippen LogP contribution in [0.15, 0.2) is 0 Å². The zero-order valence-electron chi connectivity index (χ0n) is 19.9. The molecular weight excluding hydrogens is 388 g/mol. The topological polar surface area (TPSA) is 55.8 Å². The minimum Gasteiger partial charge on any atom is -0.393 e. The maximum absolute atomic E-state index is 14.0. The summed E-state index contributed by atoms with van der Waals surface area (Å²) in [6.07, 6.45) is 9.39. The van der Waals surface area contributed by atoms with E-state index in [-0.39, 0.29) is 29.0 Å². The lowest BCUT2D eigenvalue weighted by molar-refractivity contribution is -0.272. The average Bonchev–Trinajstić information content (AvgIpc) is 3.18. The molecule has 4 saturated carbocycles. The van der Waals surface area contributed by atoms with Crippen molar-refractivity contribution >= 4 is 5.78 Å². The number of hydrogen-bond acceptors (Lipinski definition) is 4. The zero-order valence-corrected chi connectivity index (χ0v) is 19.9. The Balaban J connectivity index is 1.30. The molecule has 2 saturated heterocycles. The van der Waals surface area contributed by atoms with Gasteiger partial charge in [-0.25, -0.2) is 0 Å². The van der Waals surface area contributed by atoms with Crippen LogP contribution >= 0.6 is 0 Å². The Morgan fingerprint density at radius 3 is 2.55 bits per heavy atom. The molecule has 4 heteroatoms. The third-order valence-corrected chi connectivity index (χ3v) is 11.8. The molecular formula is C27H42O4. The number of fused-ring (bicyclic) bond motifs is 7. The quantitative estimate of drug-likeness (QED) is 0.589. The zero-order chi connectivity index (χ0) is 21.8. The van der Waals surface area contributed by atoms with Crippen LogP contribution in [0.5, 0.6) is 0 Å². The van der Waals surface area contributed by atoms with Crippen LogP contribution in [0, 0.1) is 52.3 Å². The molecule has 0 aromatic carbocycles. The summed E-state index contributed by atoms with van der Waals surface area (Å²) in [5.41, 5.74) is -0.0221. The highest BCUT2D eigenvalue weighted by atomic mass is 16.7. The van der Waals surface area contributed by atoms with E-state index in [4.69, 9.17) is 9.47 Å². The van der Waals surface area contributed by atoms with Crippen molar-refractivity contribution in [3.8, 4) is 0 Å². The lowest BCUT2D eigenvalue weighted by Gasteiger charge is -2.60. The standard InChI is InChI=1S/C27H42O4/c1-15-7-10-27(30-14-15)16(2)24-22(31-27)12-21-19-6-5-17-11-18(28)8-9-25(17,3)20(19)13-23(29)26(21,24)4/h15-22,24,28H,5-14H2,1-4H3/t15-,16+,17?,18+,19-,20?,21?,22?,24?,25+,26-,27-/m1/s1. The van der Waals surface area contributed by atoms with Crippen LogP contribution in [0.1, 0.15) is 85.5 Å².